The molecule has 2 unspecified atom stereocenters. The Bertz CT molecular complexity index is 467. The Hall–Kier alpha value is -1.35. The Kier molecular flexibility index (Phi) is 3.79. The lowest BCUT2D eigenvalue weighted by Gasteiger charge is -2.24. The van der Waals surface area contributed by atoms with E-state index >= 15 is 0 Å². The maximum Gasteiger partial charge on any atom is 0.240 e. The second kappa shape index (κ2) is 5.57. The molecule has 2 aliphatic rings. The van der Waals surface area contributed by atoms with Crippen molar-refractivity contribution in [3.8, 4) is 0 Å². The van der Waals surface area contributed by atoms with Crippen LogP contribution in [0.5, 0.6) is 0 Å². The van der Waals surface area contributed by atoms with Gasteiger partial charge >= 0.3 is 0 Å². The molecule has 0 radical (unpaired) electrons. The van der Waals surface area contributed by atoms with Gasteiger partial charge in [-0.3, -0.25) is 10.1 Å². The number of nitrogens with zero attached hydrogens (tertiary/aromatic N) is 1. The van der Waals surface area contributed by atoms with E-state index in [2.05, 4.69) is 49.5 Å². The summed E-state index contributed by atoms with van der Waals surface area (Å²) in [5.41, 5.74) is 1.32. The summed E-state index contributed by atoms with van der Waals surface area (Å²) in [5.74, 6) is 0.986. The Morgan fingerprint density at radius 1 is 1.15 bits per heavy atom. The number of likely N-dealkylation sites (tertiary alicyclic amines) is 1. The van der Waals surface area contributed by atoms with Crippen molar-refractivity contribution in [2.75, 3.05) is 6.54 Å². The third kappa shape index (κ3) is 2.73. The molecule has 0 bridgehead atoms. The van der Waals surface area contributed by atoms with Crippen LogP contribution in [0, 0.1) is 5.92 Å². The molecule has 0 aromatic heterocycles. The van der Waals surface area contributed by atoms with Crippen molar-refractivity contribution in [1.82, 2.24) is 10.2 Å². The Labute approximate surface area is 121 Å². The molecular formula is C17H24N2O. The second-order valence-electron chi connectivity index (χ2n) is 6.36. The van der Waals surface area contributed by atoms with E-state index < -0.39 is 0 Å². The zero-order valence-electron chi connectivity index (χ0n) is 12.4. The van der Waals surface area contributed by atoms with Crippen molar-refractivity contribution in [3.05, 3.63) is 35.9 Å². The van der Waals surface area contributed by atoms with E-state index in [1.54, 1.807) is 0 Å². The Morgan fingerprint density at radius 2 is 1.85 bits per heavy atom. The highest BCUT2D eigenvalue weighted by Gasteiger charge is 2.38. The molecule has 0 spiro atoms. The van der Waals surface area contributed by atoms with Gasteiger partial charge in [-0.15, -0.1) is 0 Å². The van der Waals surface area contributed by atoms with Gasteiger partial charge in [0, 0.05) is 18.6 Å². The topological polar surface area (TPSA) is 32.3 Å². The van der Waals surface area contributed by atoms with E-state index in [4.69, 9.17) is 0 Å². The highest BCUT2D eigenvalue weighted by molar-refractivity contribution is 5.84. The summed E-state index contributed by atoms with van der Waals surface area (Å²) in [5, 5.41) is 3.64. The van der Waals surface area contributed by atoms with Crippen LogP contribution in [-0.2, 0) is 4.79 Å². The number of hydrogen-bond donors (Lipinski definition) is 1. The van der Waals surface area contributed by atoms with Gasteiger partial charge < -0.3 is 4.90 Å². The second-order valence-corrected chi connectivity index (χ2v) is 6.36. The summed E-state index contributed by atoms with van der Waals surface area (Å²) < 4.78 is 0. The van der Waals surface area contributed by atoms with E-state index in [1.165, 1.54) is 18.4 Å². The van der Waals surface area contributed by atoms with E-state index in [-0.39, 0.29) is 11.9 Å². The molecule has 108 valence electrons. The van der Waals surface area contributed by atoms with Crippen LogP contribution in [0.4, 0.5) is 0 Å². The van der Waals surface area contributed by atoms with E-state index in [1.807, 2.05) is 4.90 Å². The van der Waals surface area contributed by atoms with Crippen molar-refractivity contribution in [1.29, 1.82) is 0 Å². The molecule has 3 nitrogen and oxygen atoms in total. The molecule has 2 atom stereocenters. The maximum absolute atomic E-state index is 12.4. The smallest absolute Gasteiger partial charge is 0.240 e. The molecule has 1 amide bonds. The van der Waals surface area contributed by atoms with Crippen LogP contribution in [0.15, 0.2) is 30.3 Å². The molecule has 1 aromatic rings. The maximum atomic E-state index is 12.4. The predicted molar refractivity (Wildman–Crippen MR) is 80.3 cm³/mol. The minimum atomic E-state index is 0.00297. The lowest BCUT2D eigenvalue weighted by atomic mass is 10.0. The summed E-state index contributed by atoms with van der Waals surface area (Å²) in [6.45, 7) is 5.08. The number of nitrogens with one attached hydrogen (secondary N) is 1. The molecule has 1 saturated carbocycles. The highest BCUT2D eigenvalue weighted by Crippen LogP contribution is 2.41. The molecule has 20 heavy (non-hydrogen) atoms. The van der Waals surface area contributed by atoms with Crippen molar-refractivity contribution in [3.63, 3.8) is 0 Å². The van der Waals surface area contributed by atoms with Crippen LogP contribution >= 0.6 is 0 Å². The van der Waals surface area contributed by atoms with Crippen LogP contribution in [0.2, 0.25) is 0 Å². The summed E-state index contributed by atoms with van der Waals surface area (Å²) in [7, 11) is 0. The fourth-order valence-electron chi connectivity index (χ4n) is 3.18. The van der Waals surface area contributed by atoms with Gasteiger partial charge in [-0.25, -0.2) is 0 Å². The summed E-state index contributed by atoms with van der Waals surface area (Å²) >= 11 is 0. The predicted octanol–water partition coefficient (Wildman–Crippen LogP) is 2.74. The normalized spacial score (nSPS) is 24.4. The van der Waals surface area contributed by atoms with Gasteiger partial charge in [0.05, 0.1) is 6.04 Å². The first-order valence-electron chi connectivity index (χ1n) is 7.78. The van der Waals surface area contributed by atoms with E-state index in [0.717, 1.165) is 13.0 Å². The molecule has 2 fully saturated rings. The summed E-state index contributed by atoms with van der Waals surface area (Å²) in [6.07, 6.45) is 3.50. The average molecular weight is 272 g/mol. The Morgan fingerprint density at radius 3 is 2.40 bits per heavy atom. The first kappa shape index (κ1) is 13.6. The summed E-state index contributed by atoms with van der Waals surface area (Å²) in [6, 6.07) is 11.2. The van der Waals surface area contributed by atoms with Gasteiger partial charge in [0.1, 0.15) is 0 Å². The highest BCUT2D eigenvalue weighted by atomic mass is 16.2. The molecule has 1 aromatic carbocycles. The van der Waals surface area contributed by atoms with Crippen LogP contribution in [-0.4, -0.2) is 29.4 Å². The molecule has 1 heterocycles. The molecule has 1 N–H and O–H groups in total. The monoisotopic (exact) mass is 272 g/mol. The summed E-state index contributed by atoms with van der Waals surface area (Å²) in [4.78, 5) is 14.4. The lowest BCUT2D eigenvalue weighted by molar-refractivity contribution is -0.131. The van der Waals surface area contributed by atoms with E-state index in [0.29, 0.717) is 18.0 Å². The Balaban J connectivity index is 1.71. The fourth-order valence-corrected chi connectivity index (χ4v) is 3.18. The van der Waals surface area contributed by atoms with Crippen LogP contribution < -0.4 is 5.32 Å². The fraction of sp³-hybridized carbons (Fsp3) is 0.588. The zero-order chi connectivity index (χ0) is 14.1. The molecular weight excluding hydrogens is 248 g/mol. The van der Waals surface area contributed by atoms with Gasteiger partial charge in [-0.1, -0.05) is 30.3 Å². The van der Waals surface area contributed by atoms with Crippen LogP contribution in [0.3, 0.4) is 0 Å². The average Bonchev–Trinajstić information content (AvgIpc) is 3.21. The lowest BCUT2D eigenvalue weighted by Crippen LogP contribution is -2.42. The minimum absolute atomic E-state index is 0.00297. The number of rotatable bonds is 5. The van der Waals surface area contributed by atoms with Crippen LogP contribution in [0.25, 0.3) is 0 Å². The van der Waals surface area contributed by atoms with Crippen molar-refractivity contribution >= 4 is 5.91 Å². The quantitative estimate of drug-likeness (QED) is 0.894. The number of carbonyl (C=O) groups excluding carboxylic acids is 1. The number of benzene rings is 1. The number of carbonyl (C=O) groups is 1. The van der Waals surface area contributed by atoms with Crippen molar-refractivity contribution < 1.29 is 4.79 Å². The zero-order valence-corrected chi connectivity index (χ0v) is 12.4. The van der Waals surface area contributed by atoms with Gasteiger partial charge in [-0.2, -0.15) is 0 Å². The molecule has 1 aliphatic heterocycles. The third-order valence-corrected chi connectivity index (χ3v) is 4.50. The van der Waals surface area contributed by atoms with Gasteiger partial charge in [-0.05, 0) is 44.6 Å². The van der Waals surface area contributed by atoms with Crippen LogP contribution in [0.1, 0.15) is 44.7 Å². The third-order valence-electron chi connectivity index (χ3n) is 4.50. The first-order chi connectivity index (χ1) is 9.66. The van der Waals surface area contributed by atoms with Crippen molar-refractivity contribution in [2.45, 2.75) is 51.2 Å². The first-order valence-corrected chi connectivity index (χ1v) is 7.78. The van der Waals surface area contributed by atoms with Gasteiger partial charge in [0.2, 0.25) is 5.91 Å². The van der Waals surface area contributed by atoms with Gasteiger partial charge in [0.25, 0.3) is 0 Å². The molecule has 1 saturated heterocycles. The number of amides is 1. The van der Waals surface area contributed by atoms with Crippen molar-refractivity contribution in [2.24, 2.45) is 5.92 Å². The minimum Gasteiger partial charge on any atom is -0.339 e. The molecule has 3 rings (SSSR count). The standard InChI is InChI=1S/C17H24N2O/c1-12(2)19-11-10-15(17(19)20)18-16(14-8-9-14)13-6-4-3-5-7-13/h3-7,12,14-16,18H,8-11H2,1-2H3. The molecule has 3 heteroatoms. The molecule has 1 aliphatic carbocycles. The van der Waals surface area contributed by atoms with E-state index in [9.17, 15) is 4.79 Å². The SMILES string of the molecule is CC(C)N1CCC(NC(c2ccccc2)C2CC2)C1=O. The number of hydrogen-bond acceptors (Lipinski definition) is 2. The largest absolute Gasteiger partial charge is 0.339 e. The van der Waals surface area contributed by atoms with Gasteiger partial charge in [0.15, 0.2) is 0 Å².